The molecule has 1 aliphatic rings. The van der Waals surface area contributed by atoms with Crippen molar-refractivity contribution in [1.82, 2.24) is 5.09 Å². The number of nitrogens with one attached hydrogen (secondary N) is 1. The normalized spacial score (nSPS) is 19.4. The summed E-state index contributed by atoms with van der Waals surface area (Å²) >= 11 is 0. The van der Waals surface area contributed by atoms with Gasteiger partial charge in [0.25, 0.3) is 0 Å². The molecule has 0 bridgehead atoms. The Bertz CT molecular complexity index is 776. The van der Waals surface area contributed by atoms with Crippen molar-refractivity contribution in [1.29, 1.82) is 0 Å². The average molecular weight is 355 g/mol. The van der Waals surface area contributed by atoms with Gasteiger partial charge in [0.2, 0.25) is 7.29 Å². The molecule has 0 unspecified atom stereocenters. The van der Waals surface area contributed by atoms with Crippen molar-refractivity contribution in [2.45, 2.75) is 31.9 Å². The number of benzene rings is 2. The molecule has 0 aliphatic carbocycles. The zero-order chi connectivity index (χ0) is 17.9. The van der Waals surface area contributed by atoms with Crippen molar-refractivity contribution in [3.05, 3.63) is 72.8 Å². The fraction of sp³-hybridized carbons (Fsp3) is 0.250. The van der Waals surface area contributed by atoms with E-state index in [4.69, 9.17) is 4.74 Å². The highest BCUT2D eigenvalue weighted by Gasteiger charge is 2.42. The van der Waals surface area contributed by atoms with E-state index in [0.717, 1.165) is 10.6 Å². The van der Waals surface area contributed by atoms with Crippen molar-refractivity contribution in [3.8, 4) is 0 Å². The van der Waals surface area contributed by atoms with E-state index in [-0.39, 0.29) is 5.97 Å². The minimum atomic E-state index is -3.11. The first kappa shape index (κ1) is 17.7. The Morgan fingerprint density at radius 1 is 1.04 bits per heavy atom. The molecule has 0 spiro atoms. The number of rotatable bonds is 6. The third-order valence-electron chi connectivity index (χ3n) is 4.67. The maximum atomic E-state index is 14.2. The Kier molecular flexibility index (Phi) is 4.94. The van der Waals surface area contributed by atoms with Gasteiger partial charge in [0, 0.05) is 16.7 Å². The van der Waals surface area contributed by atoms with E-state index in [1.165, 1.54) is 6.08 Å². The van der Waals surface area contributed by atoms with Gasteiger partial charge >= 0.3 is 5.97 Å². The lowest BCUT2D eigenvalue weighted by atomic mass is 9.93. The van der Waals surface area contributed by atoms with Gasteiger partial charge in [0.05, 0.1) is 5.54 Å². The molecule has 3 rings (SSSR count). The Morgan fingerprint density at radius 3 is 1.96 bits per heavy atom. The van der Waals surface area contributed by atoms with Crippen molar-refractivity contribution in [3.63, 3.8) is 0 Å². The zero-order valence-electron chi connectivity index (χ0n) is 14.4. The predicted octanol–water partition coefficient (Wildman–Crippen LogP) is 3.16. The molecule has 0 amide bonds. The van der Waals surface area contributed by atoms with Crippen LogP contribution in [0.4, 0.5) is 0 Å². The largest absolute Gasteiger partial charge is 0.453 e. The van der Waals surface area contributed by atoms with E-state index in [1.54, 1.807) is 6.08 Å². The van der Waals surface area contributed by atoms with Crippen molar-refractivity contribution >= 4 is 23.9 Å². The smallest absolute Gasteiger partial charge is 0.331 e. The van der Waals surface area contributed by atoms with Gasteiger partial charge in [-0.25, -0.2) is 4.79 Å². The zero-order valence-corrected chi connectivity index (χ0v) is 15.3. The second-order valence-corrected chi connectivity index (χ2v) is 8.85. The molecule has 0 saturated carbocycles. The number of hydrogen-bond donors (Lipinski definition) is 1. The highest BCUT2D eigenvalue weighted by molar-refractivity contribution is 7.77. The van der Waals surface area contributed by atoms with Crippen molar-refractivity contribution in [2.24, 2.45) is 0 Å². The van der Waals surface area contributed by atoms with Crippen LogP contribution in [-0.2, 0) is 14.1 Å². The van der Waals surface area contributed by atoms with E-state index >= 15 is 0 Å². The lowest BCUT2D eigenvalue weighted by Gasteiger charge is -2.37. The lowest BCUT2D eigenvalue weighted by Crippen LogP contribution is -2.52. The summed E-state index contributed by atoms with van der Waals surface area (Å²) < 4.78 is 19.6. The standard InChI is InChI=1S/C20H22NO3P/c1-3-20(2,18-14-15-19(22)24-18)21-25(23,16-10-6-4-7-11-16)17-12-8-5-9-13-17/h4-15,18H,3H2,1-2H3,(H,21,23)/t18-,20+/m1/s1. The molecule has 2 atom stereocenters. The summed E-state index contributed by atoms with van der Waals surface area (Å²) in [5.74, 6) is -0.360. The molecule has 2 aromatic rings. The first-order valence-corrected chi connectivity index (χ1v) is 10.1. The minimum absolute atomic E-state index is 0.360. The van der Waals surface area contributed by atoms with Crippen LogP contribution in [0.5, 0.6) is 0 Å². The van der Waals surface area contributed by atoms with Crippen LogP contribution < -0.4 is 15.7 Å². The molecule has 1 heterocycles. The van der Waals surface area contributed by atoms with E-state index < -0.39 is 18.9 Å². The third kappa shape index (κ3) is 3.46. The SMILES string of the molecule is CC[C@](C)(NP(=O)(c1ccccc1)c1ccccc1)[C@H]1C=CC(=O)O1. The van der Waals surface area contributed by atoms with Crippen molar-refractivity contribution in [2.75, 3.05) is 0 Å². The number of ether oxygens (including phenoxy) is 1. The molecule has 0 radical (unpaired) electrons. The first-order valence-electron chi connectivity index (χ1n) is 8.37. The van der Waals surface area contributed by atoms with Gasteiger partial charge in [-0.2, -0.15) is 0 Å². The van der Waals surface area contributed by atoms with Crippen LogP contribution in [-0.4, -0.2) is 17.6 Å². The molecule has 0 fully saturated rings. The molecular formula is C20H22NO3P. The first-order chi connectivity index (χ1) is 12.0. The van der Waals surface area contributed by atoms with E-state index in [9.17, 15) is 9.36 Å². The van der Waals surface area contributed by atoms with Crippen LogP contribution in [0.2, 0.25) is 0 Å². The summed E-state index contributed by atoms with van der Waals surface area (Å²) in [7, 11) is -3.11. The molecule has 1 aliphatic heterocycles. The fourth-order valence-corrected chi connectivity index (χ4v) is 5.71. The molecule has 1 N–H and O–H groups in total. The summed E-state index contributed by atoms with van der Waals surface area (Å²) in [5.41, 5.74) is -0.649. The number of cyclic esters (lactones) is 1. The maximum absolute atomic E-state index is 14.2. The van der Waals surface area contributed by atoms with Crippen LogP contribution in [0, 0.1) is 0 Å². The number of hydrogen-bond acceptors (Lipinski definition) is 3. The third-order valence-corrected chi connectivity index (χ3v) is 7.54. The van der Waals surface area contributed by atoms with Gasteiger partial charge in [-0.3, -0.25) is 9.65 Å². The van der Waals surface area contributed by atoms with E-state index in [0.29, 0.717) is 6.42 Å². The molecule has 0 aromatic heterocycles. The summed E-state index contributed by atoms with van der Waals surface area (Å²) in [6, 6.07) is 18.8. The number of carbonyl (C=O) groups excluding carboxylic acids is 1. The minimum Gasteiger partial charge on any atom is -0.453 e. The van der Waals surface area contributed by atoms with Crippen LogP contribution in [0.15, 0.2) is 72.8 Å². The molecule has 25 heavy (non-hydrogen) atoms. The second-order valence-electron chi connectivity index (χ2n) is 6.38. The van der Waals surface area contributed by atoms with Crippen LogP contribution in [0.25, 0.3) is 0 Å². The fourth-order valence-electron chi connectivity index (χ4n) is 2.97. The van der Waals surface area contributed by atoms with Crippen molar-refractivity contribution < 1.29 is 14.1 Å². The maximum Gasteiger partial charge on any atom is 0.331 e. The molecule has 0 saturated heterocycles. The van der Waals surface area contributed by atoms with E-state index in [2.05, 4.69) is 5.09 Å². The summed E-state index contributed by atoms with van der Waals surface area (Å²) in [4.78, 5) is 11.5. The lowest BCUT2D eigenvalue weighted by molar-refractivity contribution is -0.141. The molecule has 5 heteroatoms. The Labute approximate surface area is 148 Å². The van der Waals surface area contributed by atoms with Crippen LogP contribution in [0.3, 0.4) is 0 Å². The topological polar surface area (TPSA) is 55.4 Å². The molecule has 2 aromatic carbocycles. The quantitative estimate of drug-likeness (QED) is 0.639. The van der Waals surface area contributed by atoms with Gasteiger partial charge < -0.3 is 4.74 Å². The number of esters is 1. The Balaban J connectivity index is 2.05. The Hall–Kier alpha value is -2.16. The monoisotopic (exact) mass is 355 g/mol. The summed E-state index contributed by atoms with van der Waals surface area (Å²) in [6.45, 7) is 3.94. The highest BCUT2D eigenvalue weighted by atomic mass is 31.2. The predicted molar refractivity (Wildman–Crippen MR) is 101 cm³/mol. The summed E-state index contributed by atoms with van der Waals surface area (Å²) in [6.07, 6.45) is 3.36. The molecule has 130 valence electrons. The molecular weight excluding hydrogens is 333 g/mol. The molecule has 4 nitrogen and oxygen atoms in total. The van der Waals surface area contributed by atoms with E-state index in [1.807, 2.05) is 74.5 Å². The Morgan fingerprint density at radius 2 is 1.56 bits per heavy atom. The average Bonchev–Trinajstić information content (AvgIpc) is 3.10. The van der Waals surface area contributed by atoms with Crippen LogP contribution >= 0.6 is 7.29 Å². The van der Waals surface area contributed by atoms with Gasteiger partial charge in [-0.15, -0.1) is 0 Å². The second kappa shape index (κ2) is 6.99. The highest BCUT2D eigenvalue weighted by Crippen LogP contribution is 2.43. The van der Waals surface area contributed by atoms with Gasteiger partial charge in [0.15, 0.2) is 0 Å². The number of carbonyl (C=O) groups is 1. The van der Waals surface area contributed by atoms with Gasteiger partial charge in [-0.1, -0.05) is 43.3 Å². The van der Waals surface area contributed by atoms with Gasteiger partial charge in [0.1, 0.15) is 6.10 Å². The van der Waals surface area contributed by atoms with Gasteiger partial charge in [-0.05, 0) is 43.7 Å². The summed E-state index contributed by atoms with van der Waals surface area (Å²) in [5, 5.41) is 4.84. The van der Waals surface area contributed by atoms with Crippen LogP contribution in [0.1, 0.15) is 20.3 Å².